The van der Waals surface area contributed by atoms with E-state index in [9.17, 15) is 19.5 Å². The number of hydrogen-bond donors (Lipinski definition) is 2. The van der Waals surface area contributed by atoms with Crippen LogP contribution >= 0.6 is 11.8 Å². The van der Waals surface area contributed by atoms with Crippen molar-refractivity contribution in [3.05, 3.63) is 54.1 Å². The number of aryl methyl sites for hydroxylation is 1. The van der Waals surface area contributed by atoms with Gasteiger partial charge in [-0.2, -0.15) is 0 Å². The third kappa shape index (κ3) is 4.54. The maximum atomic E-state index is 12.7. The zero-order valence-corrected chi connectivity index (χ0v) is 16.4. The molecule has 7 heteroatoms. The number of unbranched alkanes of at least 4 members (excludes halogenated alkanes) is 1. The summed E-state index contributed by atoms with van der Waals surface area (Å²) >= 11 is 0.852. The van der Waals surface area contributed by atoms with E-state index in [0.29, 0.717) is 5.69 Å². The minimum absolute atomic E-state index is 0.0536. The van der Waals surface area contributed by atoms with Crippen molar-refractivity contribution in [2.75, 3.05) is 10.2 Å². The van der Waals surface area contributed by atoms with E-state index in [4.69, 9.17) is 0 Å². The lowest BCUT2D eigenvalue weighted by Gasteiger charge is -2.14. The number of anilines is 2. The van der Waals surface area contributed by atoms with Crippen molar-refractivity contribution in [1.29, 1.82) is 0 Å². The average Bonchev–Trinajstić information content (AvgIpc) is 2.95. The molecule has 0 bridgehead atoms. The molecule has 1 aliphatic rings. The van der Waals surface area contributed by atoms with Crippen molar-refractivity contribution in [3.63, 3.8) is 0 Å². The van der Waals surface area contributed by atoms with Gasteiger partial charge in [-0.3, -0.25) is 14.4 Å². The Hall–Kier alpha value is -2.80. The second kappa shape index (κ2) is 8.93. The van der Waals surface area contributed by atoms with Gasteiger partial charge < -0.3 is 10.4 Å². The van der Waals surface area contributed by atoms with E-state index in [-0.39, 0.29) is 23.1 Å². The molecule has 0 spiro atoms. The smallest absolute Gasteiger partial charge is 0.293 e. The van der Waals surface area contributed by atoms with Gasteiger partial charge in [0.05, 0.1) is 11.4 Å². The molecule has 1 heterocycles. The fraction of sp³-hybridized carbons (Fsp3) is 0.286. The third-order valence-corrected chi connectivity index (χ3v) is 5.52. The zero-order chi connectivity index (χ0) is 20.1. The summed E-state index contributed by atoms with van der Waals surface area (Å²) in [5, 5.41) is 11.1. The highest BCUT2D eigenvalue weighted by Crippen LogP contribution is 2.34. The van der Waals surface area contributed by atoms with E-state index in [2.05, 4.69) is 12.2 Å². The fourth-order valence-electron chi connectivity index (χ4n) is 2.96. The summed E-state index contributed by atoms with van der Waals surface area (Å²) in [6.07, 6.45) is 3.01. The van der Waals surface area contributed by atoms with Gasteiger partial charge in [0.25, 0.3) is 5.24 Å². The first-order valence-electron chi connectivity index (χ1n) is 9.21. The van der Waals surface area contributed by atoms with Crippen LogP contribution in [0.25, 0.3) is 0 Å². The summed E-state index contributed by atoms with van der Waals surface area (Å²) in [5.41, 5.74) is 1.95. The van der Waals surface area contributed by atoms with Gasteiger partial charge in [0.2, 0.25) is 11.8 Å². The highest BCUT2D eigenvalue weighted by atomic mass is 32.2. The summed E-state index contributed by atoms with van der Waals surface area (Å²) in [6.45, 7) is 2.13. The molecule has 2 aromatic carbocycles. The van der Waals surface area contributed by atoms with Crippen LogP contribution in [0, 0.1) is 0 Å². The van der Waals surface area contributed by atoms with E-state index in [1.165, 1.54) is 6.07 Å². The van der Waals surface area contributed by atoms with Crippen LogP contribution in [0.3, 0.4) is 0 Å². The normalized spacial score (nSPS) is 16.5. The van der Waals surface area contributed by atoms with Gasteiger partial charge in [0.15, 0.2) is 0 Å². The molecule has 0 aliphatic carbocycles. The Balaban J connectivity index is 1.64. The van der Waals surface area contributed by atoms with Crippen LogP contribution in [0.15, 0.2) is 48.5 Å². The summed E-state index contributed by atoms with van der Waals surface area (Å²) in [5.74, 6) is -0.886. The molecule has 28 heavy (non-hydrogen) atoms. The van der Waals surface area contributed by atoms with Crippen LogP contribution in [-0.4, -0.2) is 27.4 Å². The number of thioether (sulfide) groups is 1. The van der Waals surface area contributed by atoms with E-state index in [1.807, 2.05) is 12.1 Å². The van der Waals surface area contributed by atoms with Gasteiger partial charge in [0, 0.05) is 6.42 Å². The molecule has 2 aromatic rings. The highest BCUT2D eigenvalue weighted by Gasteiger charge is 2.41. The molecule has 0 saturated carbocycles. The van der Waals surface area contributed by atoms with Crippen molar-refractivity contribution >= 4 is 40.2 Å². The number of nitrogens with one attached hydrogen (secondary N) is 1. The van der Waals surface area contributed by atoms with Gasteiger partial charge in [-0.1, -0.05) is 37.6 Å². The van der Waals surface area contributed by atoms with Gasteiger partial charge in [0.1, 0.15) is 11.0 Å². The van der Waals surface area contributed by atoms with Gasteiger partial charge in [-0.15, -0.1) is 0 Å². The average molecular weight is 398 g/mol. The topological polar surface area (TPSA) is 86.7 Å². The molecule has 1 unspecified atom stereocenters. The van der Waals surface area contributed by atoms with Crippen molar-refractivity contribution in [2.24, 2.45) is 0 Å². The number of carbonyl (C=O) groups excluding carboxylic acids is 3. The van der Waals surface area contributed by atoms with Gasteiger partial charge in [-0.25, -0.2) is 4.90 Å². The van der Waals surface area contributed by atoms with Crippen LogP contribution in [0.2, 0.25) is 0 Å². The predicted molar refractivity (Wildman–Crippen MR) is 111 cm³/mol. The highest BCUT2D eigenvalue weighted by molar-refractivity contribution is 8.15. The van der Waals surface area contributed by atoms with Crippen molar-refractivity contribution in [2.45, 2.75) is 37.9 Å². The SMILES string of the molecule is CCCCc1ccc(N2C(=O)SC(CC(=O)Nc3ccccc3O)C2=O)cc1. The molecule has 1 fully saturated rings. The van der Waals surface area contributed by atoms with Crippen LogP contribution in [-0.2, 0) is 16.0 Å². The van der Waals surface area contributed by atoms with Crippen molar-refractivity contribution < 1.29 is 19.5 Å². The maximum Gasteiger partial charge on any atom is 0.293 e. The number of nitrogens with zero attached hydrogens (tertiary/aromatic N) is 1. The van der Waals surface area contributed by atoms with Gasteiger partial charge in [-0.05, 0) is 54.4 Å². The van der Waals surface area contributed by atoms with Crippen LogP contribution in [0.4, 0.5) is 16.2 Å². The number of hydrogen-bond acceptors (Lipinski definition) is 5. The summed E-state index contributed by atoms with van der Waals surface area (Å²) < 4.78 is 0. The molecule has 0 aromatic heterocycles. The van der Waals surface area contributed by atoms with E-state index in [0.717, 1.165) is 41.5 Å². The molecule has 1 saturated heterocycles. The van der Waals surface area contributed by atoms with Crippen molar-refractivity contribution in [3.8, 4) is 5.75 Å². The molecule has 3 amide bonds. The van der Waals surface area contributed by atoms with Crippen molar-refractivity contribution in [1.82, 2.24) is 0 Å². The Morgan fingerprint density at radius 2 is 1.86 bits per heavy atom. The zero-order valence-electron chi connectivity index (χ0n) is 15.6. The molecule has 2 N–H and O–H groups in total. The van der Waals surface area contributed by atoms with E-state index >= 15 is 0 Å². The lowest BCUT2D eigenvalue weighted by molar-refractivity contribution is -0.121. The lowest BCUT2D eigenvalue weighted by atomic mass is 10.1. The minimum Gasteiger partial charge on any atom is -0.506 e. The number of rotatable bonds is 7. The Labute approximate surface area is 167 Å². The molecule has 1 aliphatic heterocycles. The summed E-state index contributed by atoms with van der Waals surface area (Å²) in [7, 11) is 0. The quantitative estimate of drug-likeness (QED) is 0.678. The molecule has 6 nitrogen and oxygen atoms in total. The molecule has 146 valence electrons. The number of phenolic OH excluding ortho intramolecular Hbond substituents is 1. The second-order valence-corrected chi connectivity index (χ2v) is 7.74. The first-order chi connectivity index (χ1) is 13.5. The molecular formula is C21H22N2O4S. The molecule has 0 radical (unpaired) electrons. The number of para-hydroxylation sites is 2. The Morgan fingerprint density at radius 3 is 2.54 bits per heavy atom. The number of aromatic hydroxyl groups is 1. The van der Waals surface area contributed by atoms with Gasteiger partial charge >= 0.3 is 0 Å². The van der Waals surface area contributed by atoms with E-state index in [1.54, 1.807) is 30.3 Å². The monoisotopic (exact) mass is 398 g/mol. The fourth-order valence-corrected chi connectivity index (χ4v) is 3.95. The number of amides is 3. The van der Waals surface area contributed by atoms with Crippen LogP contribution in [0.5, 0.6) is 5.75 Å². The Morgan fingerprint density at radius 1 is 1.14 bits per heavy atom. The number of phenols is 1. The first-order valence-corrected chi connectivity index (χ1v) is 10.1. The predicted octanol–water partition coefficient (Wildman–Crippen LogP) is 4.33. The van der Waals surface area contributed by atoms with Crippen LogP contribution in [0.1, 0.15) is 31.7 Å². The molecule has 1 atom stereocenters. The Bertz CT molecular complexity index is 882. The Kier molecular flexibility index (Phi) is 6.36. The molecule has 3 rings (SSSR count). The minimum atomic E-state index is -0.780. The van der Waals surface area contributed by atoms with E-state index < -0.39 is 17.1 Å². The first kappa shape index (κ1) is 19.9. The number of carbonyl (C=O) groups is 3. The third-order valence-electron chi connectivity index (χ3n) is 4.48. The van der Waals surface area contributed by atoms with Crippen LogP contribution < -0.4 is 10.2 Å². The standard InChI is InChI=1S/C21H22N2O4S/c1-2-3-6-14-9-11-15(12-10-14)23-20(26)18(28-21(23)27)13-19(25)22-16-7-4-5-8-17(16)24/h4-5,7-12,18,24H,2-3,6,13H2,1H3,(H,22,25). The maximum absolute atomic E-state index is 12.7. The lowest BCUT2D eigenvalue weighted by Crippen LogP contribution is -2.32. The number of benzene rings is 2. The summed E-state index contributed by atoms with van der Waals surface area (Å²) in [6, 6.07) is 13.7. The molecular weight excluding hydrogens is 376 g/mol. The largest absolute Gasteiger partial charge is 0.506 e. The second-order valence-electron chi connectivity index (χ2n) is 6.59. The number of imide groups is 1. The summed E-state index contributed by atoms with van der Waals surface area (Å²) in [4.78, 5) is 38.4.